The Kier molecular flexibility index (Phi) is 2.73. The summed E-state index contributed by atoms with van der Waals surface area (Å²) in [6.45, 7) is 2.05. The van der Waals surface area contributed by atoms with Crippen molar-refractivity contribution in [2.75, 3.05) is 0 Å². The number of carbonyl (C=O) groups excluding carboxylic acids is 1. The average Bonchev–Trinajstić information content (AvgIpc) is 2.68. The molecule has 1 aromatic rings. The van der Waals surface area contributed by atoms with E-state index in [0.717, 1.165) is 42.6 Å². The fourth-order valence-corrected chi connectivity index (χ4v) is 2.99. The normalized spacial score (nSPS) is 21.8. The maximum atomic E-state index is 12.2. The molecule has 1 heterocycles. The molecule has 0 bridgehead atoms. The Morgan fingerprint density at radius 3 is 2.56 bits per heavy atom. The summed E-state index contributed by atoms with van der Waals surface area (Å²) in [7, 11) is 0. The predicted octanol–water partition coefficient (Wildman–Crippen LogP) is 3.64. The van der Waals surface area contributed by atoms with E-state index in [1.165, 1.54) is 6.42 Å². The molecule has 0 saturated heterocycles. The van der Waals surface area contributed by atoms with Crippen molar-refractivity contribution < 1.29 is 9.53 Å². The van der Waals surface area contributed by atoms with Crippen LogP contribution >= 0.6 is 0 Å². The van der Waals surface area contributed by atoms with Gasteiger partial charge in [0, 0.05) is 11.6 Å². The van der Waals surface area contributed by atoms with Crippen LogP contribution in [0.15, 0.2) is 30.3 Å². The first-order chi connectivity index (χ1) is 8.71. The van der Waals surface area contributed by atoms with Gasteiger partial charge in [-0.25, -0.2) is 0 Å². The minimum Gasteiger partial charge on any atom is -0.478 e. The lowest BCUT2D eigenvalue weighted by molar-refractivity contribution is -0.131. The van der Waals surface area contributed by atoms with Crippen molar-refractivity contribution in [3.05, 3.63) is 41.5 Å². The molecular weight excluding hydrogens is 224 g/mol. The van der Waals surface area contributed by atoms with Crippen LogP contribution in [0.5, 0.6) is 0 Å². The Morgan fingerprint density at radius 1 is 1.11 bits per heavy atom. The van der Waals surface area contributed by atoms with Gasteiger partial charge in [0.1, 0.15) is 5.76 Å². The molecule has 94 valence electrons. The molecule has 0 unspecified atom stereocenters. The number of benzene rings is 1. The van der Waals surface area contributed by atoms with E-state index in [2.05, 4.69) is 13.0 Å². The van der Waals surface area contributed by atoms with Gasteiger partial charge in [-0.1, -0.05) is 30.7 Å². The van der Waals surface area contributed by atoms with E-state index < -0.39 is 5.60 Å². The molecular formula is C16H18O2. The minimum absolute atomic E-state index is 0.167. The third-order valence-electron chi connectivity index (χ3n) is 4.09. The number of aryl methyl sites for hydroxylation is 1. The SMILES string of the molecule is Cc1ccccc1C1=CC(=O)C2(CCCCC2)O1. The molecule has 2 aliphatic rings. The van der Waals surface area contributed by atoms with E-state index in [0.29, 0.717) is 0 Å². The van der Waals surface area contributed by atoms with Crippen molar-refractivity contribution >= 4 is 11.5 Å². The molecule has 18 heavy (non-hydrogen) atoms. The van der Waals surface area contributed by atoms with Crippen LogP contribution in [-0.2, 0) is 9.53 Å². The van der Waals surface area contributed by atoms with Gasteiger partial charge < -0.3 is 4.74 Å². The number of hydrogen-bond donors (Lipinski definition) is 0. The zero-order valence-corrected chi connectivity index (χ0v) is 10.7. The highest BCUT2D eigenvalue weighted by Gasteiger charge is 2.45. The van der Waals surface area contributed by atoms with Crippen molar-refractivity contribution in [3.63, 3.8) is 0 Å². The van der Waals surface area contributed by atoms with Gasteiger partial charge in [-0.15, -0.1) is 0 Å². The zero-order valence-electron chi connectivity index (χ0n) is 10.7. The van der Waals surface area contributed by atoms with Crippen molar-refractivity contribution in [1.29, 1.82) is 0 Å². The quantitative estimate of drug-likeness (QED) is 0.751. The number of ketones is 1. The van der Waals surface area contributed by atoms with Gasteiger partial charge >= 0.3 is 0 Å². The summed E-state index contributed by atoms with van der Waals surface area (Å²) >= 11 is 0. The monoisotopic (exact) mass is 242 g/mol. The Bertz CT molecular complexity index is 508. The van der Waals surface area contributed by atoms with Crippen LogP contribution in [0.2, 0.25) is 0 Å². The van der Waals surface area contributed by atoms with E-state index in [4.69, 9.17) is 4.74 Å². The van der Waals surface area contributed by atoms with Crippen molar-refractivity contribution in [3.8, 4) is 0 Å². The Morgan fingerprint density at radius 2 is 1.83 bits per heavy atom. The molecule has 0 radical (unpaired) electrons. The van der Waals surface area contributed by atoms with Crippen LogP contribution in [0.25, 0.3) is 5.76 Å². The highest BCUT2D eigenvalue weighted by Crippen LogP contribution is 2.41. The van der Waals surface area contributed by atoms with Gasteiger partial charge in [-0.3, -0.25) is 4.79 Å². The summed E-state index contributed by atoms with van der Waals surface area (Å²) in [6.07, 6.45) is 6.86. The molecule has 1 saturated carbocycles. The lowest BCUT2D eigenvalue weighted by Crippen LogP contribution is -2.38. The lowest BCUT2D eigenvalue weighted by Gasteiger charge is -2.32. The third kappa shape index (κ3) is 1.76. The standard InChI is InChI=1S/C16H18O2/c1-12-7-3-4-8-13(12)14-11-15(17)16(18-14)9-5-2-6-10-16/h3-4,7-8,11H,2,5-6,9-10H2,1H3. The third-order valence-corrected chi connectivity index (χ3v) is 4.09. The molecule has 1 spiro atoms. The summed E-state index contributed by atoms with van der Waals surface area (Å²) in [5, 5.41) is 0. The first-order valence-corrected chi connectivity index (χ1v) is 6.72. The molecule has 0 atom stereocenters. The molecule has 0 amide bonds. The molecule has 1 aliphatic carbocycles. The number of rotatable bonds is 1. The maximum absolute atomic E-state index is 12.2. The van der Waals surface area contributed by atoms with E-state index in [9.17, 15) is 4.79 Å². The number of carbonyl (C=O) groups is 1. The second-order valence-corrected chi connectivity index (χ2v) is 5.34. The summed E-state index contributed by atoms with van der Waals surface area (Å²) in [6, 6.07) is 8.07. The lowest BCUT2D eigenvalue weighted by atomic mass is 9.82. The molecule has 1 fully saturated rings. The van der Waals surface area contributed by atoms with E-state index in [-0.39, 0.29) is 5.78 Å². The highest BCUT2D eigenvalue weighted by molar-refractivity contribution is 6.05. The Balaban J connectivity index is 1.91. The van der Waals surface area contributed by atoms with Crippen molar-refractivity contribution in [2.24, 2.45) is 0 Å². The first-order valence-electron chi connectivity index (χ1n) is 6.72. The average molecular weight is 242 g/mol. The van der Waals surface area contributed by atoms with Crippen LogP contribution < -0.4 is 0 Å². The predicted molar refractivity (Wildman–Crippen MR) is 71.1 cm³/mol. The molecule has 2 heteroatoms. The summed E-state index contributed by atoms with van der Waals surface area (Å²) in [5.41, 5.74) is 1.67. The van der Waals surface area contributed by atoms with E-state index >= 15 is 0 Å². The van der Waals surface area contributed by atoms with Crippen molar-refractivity contribution in [2.45, 2.75) is 44.6 Å². The molecule has 0 aromatic heterocycles. The van der Waals surface area contributed by atoms with Gasteiger partial charge in [-0.05, 0) is 38.2 Å². The van der Waals surface area contributed by atoms with Gasteiger partial charge in [-0.2, -0.15) is 0 Å². The van der Waals surface area contributed by atoms with Crippen LogP contribution in [0.3, 0.4) is 0 Å². The Hall–Kier alpha value is -1.57. The molecule has 3 rings (SSSR count). The van der Waals surface area contributed by atoms with Crippen LogP contribution in [0, 0.1) is 6.92 Å². The van der Waals surface area contributed by atoms with Gasteiger partial charge in [0.2, 0.25) is 5.78 Å². The second-order valence-electron chi connectivity index (χ2n) is 5.34. The zero-order chi connectivity index (χ0) is 12.6. The van der Waals surface area contributed by atoms with Gasteiger partial charge in [0.05, 0.1) is 0 Å². The largest absolute Gasteiger partial charge is 0.478 e. The fourth-order valence-electron chi connectivity index (χ4n) is 2.99. The van der Waals surface area contributed by atoms with Gasteiger partial charge in [0.15, 0.2) is 5.60 Å². The highest BCUT2D eigenvalue weighted by atomic mass is 16.5. The van der Waals surface area contributed by atoms with E-state index in [1.54, 1.807) is 6.08 Å². The van der Waals surface area contributed by atoms with Crippen LogP contribution in [0.4, 0.5) is 0 Å². The smallest absolute Gasteiger partial charge is 0.202 e. The molecule has 2 nitrogen and oxygen atoms in total. The Labute approximate surface area is 108 Å². The van der Waals surface area contributed by atoms with Crippen LogP contribution in [0.1, 0.15) is 43.2 Å². The van der Waals surface area contributed by atoms with Crippen LogP contribution in [-0.4, -0.2) is 11.4 Å². The molecule has 1 aliphatic heterocycles. The molecule has 0 N–H and O–H groups in total. The summed E-state index contributed by atoms with van der Waals surface area (Å²) in [4.78, 5) is 12.2. The summed E-state index contributed by atoms with van der Waals surface area (Å²) < 4.78 is 6.08. The second kappa shape index (κ2) is 4.27. The summed E-state index contributed by atoms with van der Waals surface area (Å²) in [5.74, 6) is 0.931. The topological polar surface area (TPSA) is 26.3 Å². The fraction of sp³-hybridized carbons (Fsp3) is 0.438. The van der Waals surface area contributed by atoms with E-state index in [1.807, 2.05) is 18.2 Å². The first kappa shape index (κ1) is 11.5. The molecule has 1 aromatic carbocycles. The minimum atomic E-state index is -0.532. The number of hydrogen-bond acceptors (Lipinski definition) is 2. The maximum Gasteiger partial charge on any atom is 0.202 e. The number of ether oxygens (including phenoxy) is 1. The van der Waals surface area contributed by atoms with Crippen molar-refractivity contribution in [1.82, 2.24) is 0 Å². The van der Waals surface area contributed by atoms with Gasteiger partial charge in [0.25, 0.3) is 0 Å².